The van der Waals surface area contributed by atoms with E-state index in [9.17, 15) is 9.59 Å². The third kappa shape index (κ3) is 5.75. The molecule has 30 heavy (non-hydrogen) atoms. The van der Waals surface area contributed by atoms with Crippen LogP contribution in [0.15, 0.2) is 48.5 Å². The first-order chi connectivity index (χ1) is 14.6. The molecular formula is C24H30N2O4. The minimum atomic E-state index is -0.380. The van der Waals surface area contributed by atoms with Gasteiger partial charge in [-0.25, -0.2) is 0 Å². The van der Waals surface area contributed by atoms with Crippen molar-refractivity contribution in [1.82, 2.24) is 0 Å². The lowest BCUT2D eigenvalue weighted by molar-refractivity contribution is -0.122. The first-order valence-corrected chi connectivity index (χ1v) is 10.6. The summed E-state index contributed by atoms with van der Waals surface area (Å²) >= 11 is 0. The van der Waals surface area contributed by atoms with Crippen LogP contribution in [0.2, 0.25) is 0 Å². The molecule has 1 aliphatic heterocycles. The van der Waals surface area contributed by atoms with E-state index < -0.39 is 0 Å². The van der Waals surface area contributed by atoms with Crippen molar-refractivity contribution in [2.45, 2.75) is 39.0 Å². The average Bonchev–Trinajstić information content (AvgIpc) is 3.16. The van der Waals surface area contributed by atoms with Crippen LogP contribution in [0, 0.1) is 5.92 Å². The summed E-state index contributed by atoms with van der Waals surface area (Å²) in [5.74, 6) is 0.952. The van der Waals surface area contributed by atoms with Crippen molar-refractivity contribution in [3.8, 4) is 11.5 Å². The summed E-state index contributed by atoms with van der Waals surface area (Å²) in [6.07, 6.45) is 4.87. The van der Waals surface area contributed by atoms with Gasteiger partial charge in [0.25, 0.3) is 0 Å². The lowest BCUT2D eigenvalue weighted by atomic mass is 10.1. The Bertz CT molecular complexity index is 833. The zero-order valence-corrected chi connectivity index (χ0v) is 17.7. The molecule has 0 aliphatic carbocycles. The van der Waals surface area contributed by atoms with Crippen molar-refractivity contribution < 1.29 is 19.1 Å². The fraction of sp³-hybridized carbons (Fsp3) is 0.417. The summed E-state index contributed by atoms with van der Waals surface area (Å²) < 4.78 is 10.9. The molecule has 0 aromatic heterocycles. The van der Waals surface area contributed by atoms with Gasteiger partial charge < -0.3 is 19.7 Å². The number of nitrogens with zero attached hydrogens (tertiary/aromatic N) is 1. The van der Waals surface area contributed by atoms with E-state index in [4.69, 9.17) is 9.47 Å². The van der Waals surface area contributed by atoms with E-state index in [2.05, 4.69) is 12.2 Å². The summed E-state index contributed by atoms with van der Waals surface area (Å²) in [7, 11) is 1.60. The highest BCUT2D eigenvalue weighted by Gasteiger charge is 2.35. The zero-order valence-electron chi connectivity index (χ0n) is 17.7. The second kappa shape index (κ2) is 10.7. The van der Waals surface area contributed by atoms with Crippen molar-refractivity contribution in [1.29, 1.82) is 0 Å². The molecule has 0 radical (unpaired) electrons. The van der Waals surface area contributed by atoms with Crippen LogP contribution in [0.3, 0.4) is 0 Å². The molecule has 1 unspecified atom stereocenters. The van der Waals surface area contributed by atoms with E-state index in [1.807, 2.05) is 48.5 Å². The quantitative estimate of drug-likeness (QED) is 0.579. The Balaban J connectivity index is 1.50. The van der Waals surface area contributed by atoms with Gasteiger partial charge in [-0.2, -0.15) is 0 Å². The molecule has 3 rings (SSSR count). The summed E-state index contributed by atoms with van der Waals surface area (Å²) in [5.41, 5.74) is 1.48. The topological polar surface area (TPSA) is 67.9 Å². The van der Waals surface area contributed by atoms with Gasteiger partial charge in [0.05, 0.1) is 19.6 Å². The van der Waals surface area contributed by atoms with Crippen LogP contribution in [0.25, 0.3) is 0 Å². The van der Waals surface area contributed by atoms with Gasteiger partial charge in [-0.05, 0) is 55.0 Å². The lowest BCUT2D eigenvalue weighted by Crippen LogP contribution is -2.28. The minimum Gasteiger partial charge on any atom is -0.497 e. The minimum absolute atomic E-state index is 0.0489. The Morgan fingerprint density at radius 3 is 2.40 bits per heavy atom. The maximum absolute atomic E-state index is 12.7. The molecule has 1 heterocycles. The molecule has 0 spiro atoms. The number of benzene rings is 2. The molecule has 160 valence electrons. The van der Waals surface area contributed by atoms with Crippen molar-refractivity contribution in [2.24, 2.45) is 5.92 Å². The maximum Gasteiger partial charge on any atom is 0.229 e. The predicted molar refractivity (Wildman–Crippen MR) is 118 cm³/mol. The Morgan fingerprint density at radius 1 is 1.03 bits per heavy atom. The number of methoxy groups -OCH3 is 1. The van der Waals surface area contributed by atoms with Crippen molar-refractivity contribution >= 4 is 23.2 Å². The molecule has 0 saturated carbocycles. The standard InChI is InChI=1S/C24H30N2O4/c1-3-4-5-6-15-30-22-11-7-19(8-12-22)25-24(28)18-16-23(27)26(17-18)20-9-13-21(29-2)14-10-20/h7-14,18H,3-6,15-17H2,1-2H3,(H,25,28). The van der Waals surface area contributed by atoms with Crippen LogP contribution in [-0.2, 0) is 9.59 Å². The first-order valence-electron chi connectivity index (χ1n) is 10.6. The van der Waals surface area contributed by atoms with Crippen molar-refractivity contribution in [3.63, 3.8) is 0 Å². The number of carbonyl (C=O) groups is 2. The second-order valence-electron chi connectivity index (χ2n) is 7.53. The molecule has 6 nitrogen and oxygen atoms in total. The first kappa shape index (κ1) is 21.7. The summed E-state index contributed by atoms with van der Waals surface area (Å²) in [5, 5.41) is 2.91. The molecule has 6 heteroatoms. The summed E-state index contributed by atoms with van der Waals surface area (Å²) in [4.78, 5) is 26.7. The third-order valence-corrected chi connectivity index (χ3v) is 5.27. The Morgan fingerprint density at radius 2 is 1.73 bits per heavy atom. The van der Waals surface area contributed by atoms with Crippen LogP contribution in [0.5, 0.6) is 11.5 Å². The van der Waals surface area contributed by atoms with E-state index in [0.717, 1.165) is 23.6 Å². The van der Waals surface area contributed by atoms with Crippen LogP contribution < -0.4 is 19.7 Å². The van der Waals surface area contributed by atoms with Crippen molar-refractivity contribution in [3.05, 3.63) is 48.5 Å². The normalized spacial score (nSPS) is 15.9. The number of hydrogen-bond acceptors (Lipinski definition) is 4. The largest absolute Gasteiger partial charge is 0.497 e. The van der Waals surface area contributed by atoms with Crippen LogP contribution in [0.4, 0.5) is 11.4 Å². The molecule has 0 bridgehead atoms. The Hall–Kier alpha value is -3.02. The SMILES string of the molecule is CCCCCCOc1ccc(NC(=O)C2CC(=O)N(c3ccc(OC)cc3)C2)cc1. The van der Waals surface area contributed by atoms with Crippen LogP contribution in [-0.4, -0.2) is 32.1 Å². The molecule has 1 aliphatic rings. The van der Waals surface area contributed by atoms with Gasteiger partial charge in [0.1, 0.15) is 11.5 Å². The van der Waals surface area contributed by atoms with Gasteiger partial charge in [0.15, 0.2) is 0 Å². The van der Waals surface area contributed by atoms with E-state index in [1.54, 1.807) is 12.0 Å². The zero-order chi connectivity index (χ0) is 21.3. The highest BCUT2D eigenvalue weighted by molar-refractivity contribution is 6.03. The maximum atomic E-state index is 12.7. The van der Waals surface area contributed by atoms with E-state index in [-0.39, 0.29) is 24.2 Å². The summed E-state index contributed by atoms with van der Waals surface area (Å²) in [6.45, 7) is 3.26. The van der Waals surface area contributed by atoms with Crippen LogP contribution >= 0.6 is 0 Å². The number of anilines is 2. The van der Waals surface area contributed by atoms with Crippen molar-refractivity contribution in [2.75, 3.05) is 30.5 Å². The Kier molecular flexibility index (Phi) is 7.71. The highest BCUT2D eigenvalue weighted by Crippen LogP contribution is 2.28. The number of rotatable bonds is 10. The van der Waals surface area contributed by atoms with E-state index in [1.165, 1.54) is 19.3 Å². The number of nitrogens with one attached hydrogen (secondary N) is 1. The third-order valence-electron chi connectivity index (χ3n) is 5.27. The Labute approximate surface area is 178 Å². The van der Waals surface area contributed by atoms with E-state index >= 15 is 0 Å². The lowest BCUT2D eigenvalue weighted by Gasteiger charge is -2.17. The predicted octanol–water partition coefficient (Wildman–Crippen LogP) is 4.65. The molecule has 1 atom stereocenters. The number of carbonyl (C=O) groups excluding carboxylic acids is 2. The molecule has 1 saturated heterocycles. The number of hydrogen-bond donors (Lipinski definition) is 1. The number of ether oxygens (including phenoxy) is 2. The van der Waals surface area contributed by atoms with Gasteiger partial charge in [0.2, 0.25) is 11.8 Å². The molecule has 1 N–H and O–H groups in total. The fourth-order valence-corrected chi connectivity index (χ4v) is 3.49. The fourth-order valence-electron chi connectivity index (χ4n) is 3.49. The van der Waals surface area contributed by atoms with Gasteiger partial charge in [-0.15, -0.1) is 0 Å². The average molecular weight is 411 g/mol. The van der Waals surface area contributed by atoms with Gasteiger partial charge in [-0.3, -0.25) is 9.59 Å². The number of unbranched alkanes of at least 4 members (excludes halogenated alkanes) is 3. The van der Waals surface area contributed by atoms with Gasteiger partial charge in [-0.1, -0.05) is 26.2 Å². The molecule has 2 aromatic carbocycles. The number of amides is 2. The van der Waals surface area contributed by atoms with Gasteiger partial charge in [0, 0.05) is 24.3 Å². The molecule has 2 amide bonds. The molecular weight excluding hydrogens is 380 g/mol. The summed E-state index contributed by atoms with van der Waals surface area (Å²) in [6, 6.07) is 14.7. The monoisotopic (exact) mass is 410 g/mol. The van der Waals surface area contributed by atoms with Gasteiger partial charge >= 0.3 is 0 Å². The van der Waals surface area contributed by atoms with E-state index in [0.29, 0.717) is 18.8 Å². The highest BCUT2D eigenvalue weighted by atomic mass is 16.5. The molecule has 1 fully saturated rings. The smallest absolute Gasteiger partial charge is 0.229 e. The second-order valence-corrected chi connectivity index (χ2v) is 7.53. The molecule has 2 aromatic rings. The van der Waals surface area contributed by atoms with Crippen LogP contribution in [0.1, 0.15) is 39.0 Å².